The molecule has 6 atom stereocenters. The van der Waals surface area contributed by atoms with Crippen LogP contribution in [0.5, 0.6) is 0 Å². The highest BCUT2D eigenvalue weighted by Crippen LogP contribution is 2.33. The molecule has 0 saturated heterocycles. The quantitative estimate of drug-likeness (QED) is 0.272. The van der Waals surface area contributed by atoms with E-state index < -0.39 is 48.6 Å². The van der Waals surface area contributed by atoms with Crippen molar-refractivity contribution in [2.45, 2.75) is 49.8 Å². The summed E-state index contributed by atoms with van der Waals surface area (Å²) in [6.07, 6.45) is -8.22. The maximum Gasteiger partial charge on any atom is 0.338 e. The van der Waals surface area contributed by atoms with Crippen molar-refractivity contribution in [3.63, 3.8) is 0 Å². The number of esters is 2. The van der Waals surface area contributed by atoms with Crippen LogP contribution in [0.1, 0.15) is 31.8 Å². The van der Waals surface area contributed by atoms with Crippen molar-refractivity contribution in [3.05, 3.63) is 144 Å². The molecule has 0 bridgehead atoms. The molecule has 2 N–H and O–H groups in total. The van der Waals surface area contributed by atoms with Crippen LogP contribution in [0.3, 0.4) is 0 Å². The third kappa shape index (κ3) is 7.10. The van der Waals surface area contributed by atoms with Crippen LogP contribution in [0.2, 0.25) is 0 Å². The van der Waals surface area contributed by atoms with E-state index in [1.165, 1.54) is 0 Å². The maximum atomic E-state index is 13.3. The van der Waals surface area contributed by atoms with E-state index in [0.29, 0.717) is 0 Å². The summed E-state index contributed by atoms with van der Waals surface area (Å²) in [7, 11) is 0. The van der Waals surface area contributed by atoms with Crippen LogP contribution in [0.25, 0.3) is 0 Å². The third-order valence-corrected chi connectivity index (χ3v) is 7.07. The van der Waals surface area contributed by atoms with Gasteiger partial charge in [-0.15, -0.1) is 0 Å². The van der Waals surface area contributed by atoms with Gasteiger partial charge in [-0.3, -0.25) is 0 Å². The van der Waals surface area contributed by atoms with Gasteiger partial charge < -0.3 is 29.2 Å². The van der Waals surface area contributed by atoms with Crippen LogP contribution in [0.15, 0.2) is 121 Å². The lowest BCUT2D eigenvalue weighted by atomic mass is 9.84. The number of rotatable bonds is 10. The predicted octanol–water partition coefficient (Wildman–Crippen LogP) is 4.34. The van der Waals surface area contributed by atoms with Crippen molar-refractivity contribution in [2.24, 2.45) is 0 Å². The van der Waals surface area contributed by atoms with Crippen molar-refractivity contribution in [1.82, 2.24) is 0 Å². The first kappa shape index (κ1) is 29.2. The molecule has 5 rings (SSSR count). The minimum absolute atomic E-state index is 0.0452. The minimum atomic E-state index is -1.53. The lowest BCUT2D eigenvalue weighted by Gasteiger charge is -2.46. The van der Waals surface area contributed by atoms with Crippen LogP contribution in [-0.2, 0) is 32.2 Å². The van der Waals surface area contributed by atoms with E-state index in [-0.39, 0.29) is 24.3 Å². The van der Waals surface area contributed by atoms with Crippen LogP contribution in [0, 0.1) is 0 Å². The van der Waals surface area contributed by atoms with Gasteiger partial charge in [-0.05, 0) is 35.4 Å². The van der Waals surface area contributed by atoms with Crippen LogP contribution >= 0.6 is 0 Å². The molecule has 1 fully saturated rings. The molecule has 0 radical (unpaired) electrons. The average molecular weight is 569 g/mol. The molecule has 4 aromatic carbocycles. The number of aliphatic hydroxyl groups excluding tert-OH is 2. The molecule has 1 saturated carbocycles. The summed E-state index contributed by atoms with van der Waals surface area (Å²) in [5.74, 6) is -1.42. The van der Waals surface area contributed by atoms with E-state index in [1.807, 2.05) is 60.7 Å². The normalized spacial score (nSPS) is 23.6. The number of ether oxygens (including phenoxy) is 4. The number of hydrogen-bond donors (Lipinski definition) is 2. The summed E-state index contributed by atoms with van der Waals surface area (Å²) in [6, 6.07) is 35.1. The van der Waals surface area contributed by atoms with Gasteiger partial charge in [0, 0.05) is 0 Å². The molecule has 0 heterocycles. The highest BCUT2D eigenvalue weighted by Gasteiger charge is 2.55. The van der Waals surface area contributed by atoms with E-state index in [4.69, 9.17) is 18.9 Å². The van der Waals surface area contributed by atoms with Crippen LogP contribution in [0.4, 0.5) is 0 Å². The van der Waals surface area contributed by atoms with Crippen molar-refractivity contribution < 1.29 is 38.7 Å². The van der Waals surface area contributed by atoms with E-state index in [1.54, 1.807) is 60.7 Å². The van der Waals surface area contributed by atoms with Crippen molar-refractivity contribution in [2.75, 3.05) is 0 Å². The lowest BCUT2D eigenvalue weighted by Crippen LogP contribution is -2.66. The largest absolute Gasteiger partial charge is 0.452 e. The van der Waals surface area contributed by atoms with Crippen molar-refractivity contribution in [3.8, 4) is 0 Å². The number of aliphatic hydroxyl groups is 2. The first-order chi connectivity index (χ1) is 20.5. The fraction of sp³-hybridized carbons (Fsp3) is 0.235. The first-order valence-electron chi connectivity index (χ1n) is 13.7. The van der Waals surface area contributed by atoms with Crippen molar-refractivity contribution in [1.29, 1.82) is 0 Å². The molecule has 0 spiro atoms. The average Bonchev–Trinajstić information content (AvgIpc) is 3.04. The Bertz CT molecular complexity index is 1300. The number of benzene rings is 4. The zero-order valence-electron chi connectivity index (χ0n) is 22.8. The van der Waals surface area contributed by atoms with E-state index in [9.17, 15) is 19.8 Å². The molecule has 1 aliphatic rings. The zero-order chi connectivity index (χ0) is 29.3. The highest BCUT2D eigenvalue weighted by molar-refractivity contribution is 5.90. The van der Waals surface area contributed by atoms with Gasteiger partial charge in [0.15, 0.2) is 12.2 Å². The molecule has 8 heteroatoms. The Morgan fingerprint density at radius 1 is 0.476 bits per heavy atom. The maximum absolute atomic E-state index is 13.3. The summed E-state index contributed by atoms with van der Waals surface area (Å²) in [5, 5.41) is 22.6. The molecule has 216 valence electrons. The molecule has 0 unspecified atom stereocenters. The van der Waals surface area contributed by atoms with Gasteiger partial charge in [0.05, 0.1) is 24.3 Å². The first-order valence-corrected chi connectivity index (χ1v) is 13.7. The van der Waals surface area contributed by atoms with Gasteiger partial charge in [0.1, 0.15) is 24.4 Å². The molecule has 8 nitrogen and oxygen atoms in total. The number of carbonyl (C=O) groups excluding carboxylic acids is 2. The SMILES string of the molecule is O=C(O[C@@H]1[C@@H](OC(=O)c2ccccc2)[C@H](OCc2ccccc2)[C@@H](O)[C@@H](O)[C@H]1OCc1ccccc1)c1ccccc1. The Morgan fingerprint density at radius 3 is 1.12 bits per heavy atom. The summed E-state index contributed by atoms with van der Waals surface area (Å²) < 4.78 is 24.1. The van der Waals surface area contributed by atoms with Crippen molar-refractivity contribution >= 4 is 11.9 Å². The topological polar surface area (TPSA) is 112 Å². The van der Waals surface area contributed by atoms with Gasteiger partial charge in [0.25, 0.3) is 0 Å². The standard InChI is InChI=1S/C34H32O8/c35-27-28(36)30(40-22-24-15-7-2-8-16-24)32(42-34(38)26-19-11-4-12-20-26)31(41-33(37)25-17-9-3-10-18-25)29(27)39-21-23-13-5-1-6-14-23/h1-20,27-32,35-36H,21-22H2/t27-,28+,29-,30-,31+,32+/m1/s1. The second-order valence-electron chi connectivity index (χ2n) is 9.98. The second-order valence-corrected chi connectivity index (χ2v) is 9.98. The Balaban J connectivity index is 1.49. The summed E-state index contributed by atoms with van der Waals surface area (Å²) in [4.78, 5) is 26.6. The Morgan fingerprint density at radius 2 is 0.786 bits per heavy atom. The lowest BCUT2D eigenvalue weighted by molar-refractivity contribution is -0.249. The van der Waals surface area contributed by atoms with Crippen LogP contribution < -0.4 is 0 Å². The Labute approximate surface area is 244 Å². The molecule has 42 heavy (non-hydrogen) atoms. The second kappa shape index (κ2) is 14.0. The molecule has 4 aromatic rings. The number of carbonyl (C=O) groups is 2. The van der Waals surface area contributed by atoms with Gasteiger partial charge in [0.2, 0.25) is 0 Å². The van der Waals surface area contributed by atoms with Crippen LogP contribution in [-0.4, -0.2) is 58.8 Å². The van der Waals surface area contributed by atoms with E-state index in [0.717, 1.165) is 11.1 Å². The van der Waals surface area contributed by atoms with Gasteiger partial charge in [-0.1, -0.05) is 97.1 Å². The third-order valence-electron chi connectivity index (χ3n) is 7.07. The summed E-state index contributed by atoms with van der Waals surface area (Å²) >= 11 is 0. The zero-order valence-corrected chi connectivity index (χ0v) is 22.8. The highest BCUT2D eigenvalue weighted by atomic mass is 16.6. The Kier molecular flexibility index (Phi) is 9.74. The van der Waals surface area contributed by atoms with Gasteiger partial charge in [-0.25, -0.2) is 9.59 Å². The fourth-order valence-corrected chi connectivity index (χ4v) is 4.87. The fourth-order valence-electron chi connectivity index (χ4n) is 4.87. The molecule has 0 aliphatic heterocycles. The molecule has 0 amide bonds. The van der Waals surface area contributed by atoms with Gasteiger partial charge >= 0.3 is 11.9 Å². The minimum Gasteiger partial charge on any atom is -0.452 e. The smallest absolute Gasteiger partial charge is 0.338 e. The molecule has 1 aliphatic carbocycles. The van der Waals surface area contributed by atoms with Gasteiger partial charge in [-0.2, -0.15) is 0 Å². The van der Waals surface area contributed by atoms with E-state index >= 15 is 0 Å². The summed E-state index contributed by atoms with van der Waals surface area (Å²) in [6.45, 7) is 0.0904. The monoisotopic (exact) mass is 568 g/mol. The molecular weight excluding hydrogens is 536 g/mol. The summed E-state index contributed by atoms with van der Waals surface area (Å²) in [5.41, 5.74) is 2.12. The van der Waals surface area contributed by atoms with E-state index in [2.05, 4.69) is 0 Å². The predicted molar refractivity (Wildman–Crippen MR) is 153 cm³/mol. The number of hydrogen-bond acceptors (Lipinski definition) is 8. The Hall–Kier alpha value is -4.34. The molecular formula is C34H32O8. The molecule has 0 aromatic heterocycles.